The van der Waals surface area contributed by atoms with E-state index in [0.29, 0.717) is 19.3 Å². The maximum atomic E-state index is 12.9. The number of ether oxygens (including phenoxy) is 3. The molecule has 0 aliphatic heterocycles. The van der Waals surface area contributed by atoms with Gasteiger partial charge in [-0.15, -0.1) is 0 Å². The van der Waals surface area contributed by atoms with Gasteiger partial charge in [0.05, 0.1) is 0 Å². The van der Waals surface area contributed by atoms with E-state index in [-0.39, 0.29) is 37.5 Å². The molecule has 0 spiro atoms. The molecular weight excluding hydrogens is 961 g/mol. The third-order valence-electron chi connectivity index (χ3n) is 12.8. The summed E-state index contributed by atoms with van der Waals surface area (Å²) in [5, 5.41) is 0. The van der Waals surface area contributed by atoms with Crippen molar-refractivity contribution in [1.29, 1.82) is 0 Å². The number of allylic oxidation sites excluding steroid dienone is 26. The Kier molecular flexibility index (Phi) is 60.4. The second kappa shape index (κ2) is 64.6. The van der Waals surface area contributed by atoms with Crippen molar-refractivity contribution in [2.45, 2.75) is 264 Å². The highest BCUT2D eigenvalue weighted by Crippen LogP contribution is 2.14. The smallest absolute Gasteiger partial charge is 0.306 e. The van der Waals surface area contributed by atoms with Gasteiger partial charge in [0, 0.05) is 19.3 Å². The fourth-order valence-corrected chi connectivity index (χ4v) is 8.14. The van der Waals surface area contributed by atoms with Gasteiger partial charge in [0.15, 0.2) is 6.10 Å². The number of hydrogen-bond acceptors (Lipinski definition) is 6. The van der Waals surface area contributed by atoms with Crippen LogP contribution in [0.4, 0.5) is 0 Å². The van der Waals surface area contributed by atoms with Crippen molar-refractivity contribution in [2.75, 3.05) is 13.2 Å². The van der Waals surface area contributed by atoms with Crippen LogP contribution in [-0.4, -0.2) is 37.2 Å². The number of rotatable bonds is 55. The Morgan fingerprint density at radius 3 is 0.821 bits per heavy atom. The lowest BCUT2D eigenvalue weighted by atomic mass is 10.0. The third-order valence-corrected chi connectivity index (χ3v) is 12.8. The van der Waals surface area contributed by atoms with Gasteiger partial charge in [-0.2, -0.15) is 0 Å². The lowest BCUT2D eigenvalue weighted by molar-refractivity contribution is -0.167. The van der Waals surface area contributed by atoms with E-state index in [2.05, 4.69) is 179 Å². The summed E-state index contributed by atoms with van der Waals surface area (Å²) < 4.78 is 16.8. The molecule has 1 unspecified atom stereocenters. The van der Waals surface area contributed by atoms with Gasteiger partial charge in [-0.25, -0.2) is 0 Å². The average Bonchev–Trinajstić information content (AvgIpc) is 3.44. The van der Waals surface area contributed by atoms with Crippen LogP contribution in [0.15, 0.2) is 158 Å². The van der Waals surface area contributed by atoms with E-state index in [1.54, 1.807) is 0 Å². The largest absolute Gasteiger partial charge is 0.462 e. The minimum absolute atomic E-state index is 0.111. The fraction of sp³-hybridized carbons (Fsp3) is 0.597. The van der Waals surface area contributed by atoms with Crippen molar-refractivity contribution < 1.29 is 28.6 Å². The Labute approximate surface area is 480 Å². The Balaban J connectivity index is 4.49. The topological polar surface area (TPSA) is 78.9 Å². The minimum atomic E-state index is -0.822. The van der Waals surface area contributed by atoms with E-state index in [0.717, 1.165) is 141 Å². The summed E-state index contributed by atoms with van der Waals surface area (Å²) in [7, 11) is 0. The first kappa shape index (κ1) is 73.0. The van der Waals surface area contributed by atoms with Gasteiger partial charge in [0.2, 0.25) is 0 Å². The second-order valence-electron chi connectivity index (χ2n) is 20.2. The third kappa shape index (κ3) is 61.9. The van der Waals surface area contributed by atoms with Crippen molar-refractivity contribution >= 4 is 17.9 Å². The summed E-state index contributed by atoms with van der Waals surface area (Å²) in [6, 6.07) is 0. The van der Waals surface area contributed by atoms with E-state index in [1.807, 2.05) is 0 Å². The number of hydrogen-bond donors (Lipinski definition) is 0. The molecule has 0 aliphatic carbocycles. The maximum Gasteiger partial charge on any atom is 0.306 e. The zero-order chi connectivity index (χ0) is 56.4. The molecule has 0 saturated heterocycles. The first-order chi connectivity index (χ1) is 38.5. The molecule has 0 rings (SSSR count). The normalized spacial score (nSPS) is 13.2. The molecule has 0 heterocycles. The maximum absolute atomic E-state index is 12.9. The minimum Gasteiger partial charge on any atom is -0.462 e. The zero-order valence-electron chi connectivity index (χ0n) is 50.1. The van der Waals surface area contributed by atoms with Crippen LogP contribution in [0, 0.1) is 0 Å². The van der Waals surface area contributed by atoms with Gasteiger partial charge in [-0.3, -0.25) is 14.4 Å². The summed E-state index contributed by atoms with van der Waals surface area (Å²) >= 11 is 0. The first-order valence-corrected chi connectivity index (χ1v) is 31.5. The molecule has 0 amide bonds. The average molecular weight is 1080 g/mol. The summed E-state index contributed by atoms with van der Waals surface area (Å²) in [5.41, 5.74) is 0. The highest BCUT2D eigenvalue weighted by Gasteiger charge is 2.19. The lowest BCUT2D eigenvalue weighted by Crippen LogP contribution is -2.30. The van der Waals surface area contributed by atoms with Crippen LogP contribution < -0.4 is 0 Å². The molecule has 0 aromatic rings. The molecule has 1 atom stereocenters. The quantitative estimate of drug-likeness (QED) is 0.0261. The van der Waals surface area contributed by atoms with Gasteiger partial charge >= 0.3 is 17.9 Å². The zero-order valence-corrected chi connectivity index (χ0v) is 50.1. The predicted molar refractivity (Wildman–Crippen MR) is 338 cm³/mol. The van der Waals surface area contributed by atoms with Crippen LogP contribution in [0.2, 0.25) is 0 Å². The van der Waals surface area contributed by atoms with E-state index in [4.69, 9.17) is 14.2 Å². The molecule has 0 aromatic carbocycles. The summed E-state index contributed by atoms with van der Waals surface area (Å²) in [4.78, 5) is 38.3. The van der Waals surface area contributed by atoms with E-state index >= 15 is 0 Å². The van der Waals surface area contributed by atoms with Crippen molar-refractivity contribution in [2.24, 2.45) is 0 Å². The van der Waals surface area contributed by atoms with Crippen LogP contribution in [0.25, 0.3) is 0 Å². The summed E-state index contributed by atoms with van der Waals surface area (Å²) in [6.07, 6.45) is 93.9. The lowest BCUT2D eigenvalue weighted by Gasteiger charge is -2.18. The van der Waals surface area contributed by atoms with E-state index < -0.39 is 6.10 Å². The van der Waals surface area contributed by atoms with E-state index in [9.17, 15) is 14.4 Å². The van der Waals surface area contributed by atoms with Crippen LogP contribution in [0.5, 0.6) is 0 Å². The van der Waals surface area contributed by atoms with E-state index in [1.165, 1.54) is 70.6 Å². The molecule has 0 N–H and O–H groups in total. The van der Waals surface area contributed by atoms with Crippen molar-refractivity contribution in [1.82, 2.24) is 0 Å². The van der Waals surface area contributed by atoms with Crippen LogP contribution in [0.3, 0.4) is 0 Å². The van der Waals surface area contributed by atoms with Gasteiger partial charge in [0.25, 0.3) is 0 Å². The van der Waals surface area contributed by atoms with Gasteiger partial charge in [0.1, 0.15) is 13.2 Å². The Hall–Kier alpha value is -4.97. The highest BCUT2D eigenvalue weighted by atomic mass is 16.6. The Bertz CT molecular complexity index is 1760. The standard InChI is InChI=1S/C72H114O6/c1-4-7-10-13-16-19-22-25-27-29-31-33-35-36-38-39-41-43-45-47-50-53-56-59-62-65-71(74)77-68-69(67-76-70(73)64-61-58-55-52-49-24-21-18-15-12-9-6-3)78-72(75)66-63-60-57-54-51-48-46-44-42-40-37-34-32-30-28-26-23-20-17-14-11-8-5-2/h7-8,10-11,16-17,19-20,25-28,31-34,36,38,40-43,46,48,54,57,69H,4-6,9,12-15,18,21-24,29-30,35,37,39,44-45,47,49-53,55-56,58-68H2,1-3H3/b10-7-,11-8-,19-16-,20-17-,27-25-,28-26-,33-31-,34-32-,38-36-,42-40-,43-41-,48-46-,57-54-. The van der Waals surface area contributed by atoms with Crippen LogP contribution in [0.1, 0.15) is 258 Å². The number of unbranched alkanes of at least 4 members (excludes halogenated alkanes) is 18. The molecule has 6 heteroatoms. The molecule has 0 bridgehead atoms. The molecule has 78 heavy (non-hydrogen) atoms. The van der Waals surface area contributed by atoms with Crippen LogP contribution in [-0.2, 0) is 28.6 Å². The summed E-state index contributed by atoms with van der Waals surface area (Å²) in [6.45, 7) is 6.35. The molecule has 0 aromatic heterocycles. The molecule has 438 valence electrons. The number of carbonyl (C=O) groups is 3. The van der Waals surface area contributed by atoms with Crippen LogP contribution >= 0.6 is 0 Å². The Morgan fingerprint density at radius 1 is 0.269 bits per heavy atom. The first-order valence-electron chi connectivity index (χ1n) is 31.5. The summed E-state index contributed by atoms with van der Waals surface area (Å²) in [5.74, 6) is -0.989. The van der Waals surface area contributed by atoms with Crippen molar-refractivity contribution in [3.05, 3.63) is 158 Å². The molecule has 0 saturated carbocycles. The molecule has 0 aliphatic rings. The molecule has 6 nitrogen and oxygen atoms in total. The monoisotopic (exact) mass is 1070 g/mol. The molecule has 0 radical (unpaired) electrons. The van der Waals surface area contributed by atoms with Gasteiger partial charge < -0.3 is 14.2 Å². The predicted octanol–water partition coefficient (Wildman–Crippen LogP) is 21.7. The Morgan fingerprint density at radius 2 is 0.513 bits per heavy atom. The van der Waals surface area contributed by atoms with Gasteiger partial charge in [-0.1, -0.05) is 275 Å². The number of esters is 3. The van der Waals surface area contributed by atoms with Gasteiger partial charge in [-0.05, 0) is 122 Å². The van der Waals surface area contributed by atoms with Crippen molar-refractivity contribution in [3.63, 3.8) is 0 Å². The SMILES string of the molecule is CC/C=C\C/C=C\C/C=C\C/C=C\C/C=C\C/C=C\C/C=C\CCCC(=O)OC(COC(=O)CCCCCCCC/C=C\C/C=C\C/C=C\C/C=C\C/C=C\C/C=C\CC)COC(=O)CCCCCCCCCCCCCC. The number of carbonyl (C=O) groups excluding carboxylic acids is 3. The second-order valence-corrected chi connectivity index (χ2v) is 20.2. The van der Waals surface area contributed by atoms with Crippen molar-refractivity contribution in [3.8, 4) is 0 Å². The fourth-order valence-electron chi connectivity index (χ4n) is 8.14. The molecular formula is C72H114O6. The highest BCUT2D eigenvalue weighted by molar-refractivity contribution is 5.71. The molecule has 0 fully saturated rings.